The van der Waals surface area contributed by atoms with Crippen molar-refractivity contribution in [1.82, 2.24) is 0 Å². The summed E-state index contributed by atoms with van der Waals surface area (Å²) in [5.74, 6) is 0.276. The van der Waals surface area contributed by atoms with Crippen LogP contribution in [0.15, 0.2) is 59.4 Å². The zero-order valence-corrected chi connectivity index (χ0v) is 9.22. The molecule has 1 aliphatic carbocycles. The molecule has 1 unspecified atom stereocenters. The van der Waals surface area contributed by atoms with Crippen molar-refractivity contribution in [2.45, 2.75) is 13.0 Å². The first-order valence-electron chi connectivity index (χ1n) is 5.28. The van der Waals surface area contributed by atoms with E-state index >= 15 is 0 Å². The van der Waals surface area contributed by atoms with Gasteiger partial charge in [0.25, 0.3) is 0 Å². The Morgan fingerprint density at radius 1 is 1.19 bits per heavy atom. The van der Waals surface area contributed by atoms with Crippen molar-refractivity contribution < 1.29 is 5.11 Å². The number of nitrogens with two attached hydrogens (primary N) is 1. The monoisotopic (exact) mass is 213 g/mol. The molecule has 0 fully saturated rings. The Balaban J connectivity index is 2.32. The van der Waals surface area contributed by atoms with Crippen LogP contribution in [0.4, 0.5) is 0 Å². The standard InChI is InChI=1S/C14H15NO/c1-10-13(16)8-7-12(14(10)15)9-11-5-3-2-4-6-11/h2-9,14,16H,15H2,1H3. The molecule has 2 nitrogen and oxygen atoms in total. The van der Waals surface area contributed by atoms with Gasteiger partial charge in [-0.25, -0.2) is 0 Å². The first-order chi connectivity index (χ1) is 7.68. The molecule has 2 heteroatoms. The van der Waals surface area contributed by atoms with Crippen molar-refractivity contribution in [3.05, 3.63) is 65.0 Å². The first-order valence-corrected chi connectivity index (χ1v) is 5.28. The quantitative estimate of drug-likeness (QED) is 0.753. The lowest BCUT2D eigenvalue weighted by Gasteiger charge is -2.19. The minimum atomic E-state index is -0.217. The zero-order chi connectivity index (χ0) is 11.5. The molecule has 1 aromatic rings. The van der Waals surface area contributed by atoms with Crippen molar-refractivity contribution >= 4 is 6.08 Å². The van der Waals surface area contributed by atoms with Crippen LogP contribution in [0.25, 0.3) is 6.08 Å². The fourth-order valence-corrected chi connectivity index (χ4v) is 1.70. The summed E-state index contributed by atoms with van der Waals surface area (Å²) in [6, 6.07) is 9.80. The lowest BCUT2D eigenvalue weighted by atomic mass is 9.93. The average Bonchev–Trinajstić information content (AvgIpc) is 2.31. The summed E-state index contributed by atoms with van der Waals surface area (Å²) in [6.45, 7) is 1.85. The van der Waals surface area contributed by atoms with Crippen LogP contribution in [0.2, 0.25) is 0 Å². The molecule has 0 radical (unpaired) electrons. The van der Waals surface area contributed by atoms with Gasteiger partial charge < -0.3 is 10.8 Å². The highest BCUT2D eigenvalue weighted by Gasteiger charge is 2.16. The van der Waals surface area contributed by atoms with E-state index in [1.54, 1.807) is 6.08 Å². The molecule has 3 N–H and O–H groups in total. The summed E-state index contributed by atoms with van der Waals surface area (Å²) in [6.07, 6.45) is 5.59. The molecule has 0 aromatic heterocycles. The first kappa shape index (κ1) is 10.7. The fourth-order valence-electron chi connectivity index (χ4n) is 1.70. The molecule has 0 saturated heterocycles. The van der Waals surface area contributed by atoms with E-state index in [1.807, 2.05) is 49.4 Å². The van der Waals surface area contributed by atoms with Gasteiger partial charge in [-0.3, -0.25) is 0 Å². The smallest absolute Gasteiger partial charge is 0.116 e. The molecule has 1 atom stereocenters. The summed E-state index contributed by atoms with van der Waals surface area (Å²) in [7, 11) is 0. The largest absolute Gasteiger partial charge is 0.508 e. The number of hydrogen-bond acceptors (Lipinski definition) is 2. The van der Waals surface area contributed by atoms with E-state index in [-0.39, 0.29) is 11.8 Å². The SMILES string of the molecule is CC1=C(O)C=CC(=Cc2ccccc2)C1N. The summed E-state index contributed by atoms with van der Waals surface area (Å²) in [5.41, 5.74) is 8.97. The van der Waals surface area contributed by atoms with Gasteiger partial charge in [-0.15, -0.1) is 0 Å². The molecule has 0 aliphatic heterocycles. The predicted molar refractivity (Wildman–Crippen MR) is 66.9 cm³/mol. The van der Waals surface area contributed by atoms with E-state index < -0.39 is 0 Å². The Hall–Kier alpha value is -1.80. The van der Waals surface area contributed by atoms with Gasteiger partial charge >= 0.3 is 0 Å². The number of hydrogen-bond donors (Lipinski definition) is 2. The summed E-state index contributed by atoms with van der Waals surface area (Å²) >= 11 is 0. The molecule has 1 aromatic carbocycles. The molecule has 0 saturated carbocycles. The van der Waals surface area contributed by atoms with Gasteiger partial charge in [0.15, 0.2) is 0 Å². The lowest BCUT2D eigenvalue weighted by Crippen LogP contribution is -2.26. The zero-order valence-electron chi connectivity index (χ0n) is 9.22. The number of benzene rings is 1. The number of allylic oxidation sites excluding steroid dienone is 1. The maximum absolute atomic E-state index is 9.52. The highest BCUT2D eigenvalue weighted by molar-refractivity contribution is 5.61. The molecule has 0 spiro atoms. The minimum absolute atomic E-state index is 0.217. The lowest BCUT2D eigenvalue weighted by molar-refractivity contribution is 0.419. The highest BCUT2D eigenvalue weighted by Crippen LogP contribution is 2.22. The van der Waals surface area contributed by atoms with Crippen LogP contribution >= 0.6 is 0 Å². The van der Waals surface area contributed by atoms with Crippen LogP contribution in [0.5, 0.6) is 0 Å². The van der Waals surface area contributed by atoms with Gasteiger partial charge in [-0.05, 0) is 35.8 Å². The Morgan fingerprint density at radius 2 is 1.88 bits per heavy atom. The normalized spacial score (nSPS) is 22.9. The summed E-state index contributed by atoms with van der Waals surface area (Å²) in [5, 5.41) is 9.52. The highest BCUT2D eigenvalue weighted by atomic mass is 16.3. The Morgan fingerprint density at radius 3 is 2.56 bits per heavy atom. The molecule has 1 aliphatic rings. The number of aliphatic hydroxyl groups excluding tert-OH is 1. The van der Waals surface area contributed by atoms with Crippen molar-refractivity contribution in [3.63, 3.8) is 0 Å². The van der Waals surface area contributed by atoms with E-state index in [2.05, 4.69) is 0 Å². The third-order valence-corrected chi connectivity index (χ3v) is 2.80. The molecule has 0 heterocycles. The average molecular weight is 213 g/mol. The van der Waals surface area contributed by atoms with Crippen LogP contribution < -0.4 is 5.73 Å². The van der Waals surface area contributed by atoms with E-state index in [9.17, 15) is 5.11 Å². The van der Waals surface area contributed by atoms with E-state index in [0.717, 1.165) is 16.7 Å². The maximum Gasteiger partial charge on any atom is 0.116 e. The molecule has 16 heavy (non-hydrogen) atoms. The molecular formula is C14H15NO. The van der Waals surface area contributed by atoms with Crippen LogP contribution in [0, 0.1) is 0 Å². The molecule has 0 bridgehead atoms. The van der Waals surface area contributed by atoms with Crippen molar-refractivity contribution in [2.24, 2.45) is 5.73 Å². The van der Waals surface area contributed by atoms with Gasteiger partial charge in [0.1, 0.15) is 5.76 Å². The molecule has 2 rings (SSSR count). The van der Waals surface area contributed by atoms with E-state index in [0.29, 0.717) is 0 Å². The van der Waals surface area contributed by atoms with Gasteiger partial charge in [0, 0.05) is 0 Å². The maximum atomic E-state index is 9.52. The van der Waals surface area contributed by atoms with Crippen LogP contribution in [-0.4, -0.2) is 11.1 Å². The number of rotatable bonds is 1. The predicted octanol–water partition coefficient (Wildman–Crippen LogP) is 2.80. The van der Waals surface area contributed by atoms with Crippen molar-refractivity contribution in [3.8, 4) is 0 Å². The molecule has 0 amide bonds. The van der Waals surface area contributed by atoms with Gasteiger partial charge in [0.2, 0.25) is 0 Å². The van der Waals surface area contributed by atoms with Gasteiger partial charge in [0.05, 0.1) is 6.04 Å². The van der Waals surface area contributed by atoms with Crippen molar-refractivity contribution in [1.29, 1.82) is 0 Å². The van der Waals surface area contributed by atoms with Crippen LogP contribution in [-0.2, 0) is 0 Å². The van der Waals surface area contributed by atoms with Gasteiger partial charge in [-0.1, -0.05) is 36.4 Å². The Kier molecular flexibility index (Phi) is 2.93. The molecule has 82 valence electrons. The summed E-state index contributed by atoms with van der Waals surface area (Å²) < 4.78 is 0. The van der Waals surface area contributed by atoms with Crippen molar-refractivity contribution in [2.75, 3.05) is 0 Å². The van der Waals surface area contributed by atoms with Crippen LogP contribution in [0.1, 0.15) is 12.5 Å². The van der Waals surface area contributed by atoms with E-state index in [4.69, 9.17) is 5.73 Å². The van der Waals surface area contributed by atoms with E-state index in [1.165, 1.54) is 0 Å². The molecular weight excluding hydrogens is 198 g/mol. The topological polar surface area (TPSA) is 46.2 Å². The Labute approximate surface area is 95.4 Å². The van der Waals surface area contributed by atoms with Crippen LogP contribution in [0.3, 0.4) is 0 Å². The third-order valence-electron chi connectivity index (χ3n) is 2.80. The second-order valence-corrected chi connectivity index (χ2v) is 3.93. The summed E-state index contributed by atoms with van der Waals surface area (Å²) in [4.78, 5) is 0. The number of aliphatic hydroxyl groups is 1. The third kappa shape index (κ3) is 2.07. The second kappa shape index (κ2) is 4.37. The minimum Gasteiger partial charge on any atom is -0.508 e. The fraction of sp³-hybridized carbons (Fsp3) is 0.143. The Bertz CT molecular complexity index is 469. The second-order valence-electron chi connectivity index (χ2n) is 3.93. The van der Waals surface area contributed by atoms with Gasteiger partial charge in [-0.2, -0.15) is 0 Å².